The van der Waals surface area contributed by atoms with E-state index in [4.69, 9.17) is 0 Å². The van der Waals surface area contributed by atoms with Crippen LogP contribution in [0.2, 0.25) is 0 Å². The van der Waals surface area contributed by atoms with Gasteiger partial charge >= 0.3 is 10.2 Å². The summed E-state index contributed by atoms with van der Waals surface area (Å²) in [6.45, 7) is 0.734. The Morgan fingerprint density at radius 3 is 2.68 bits per heavy atom. The highest BCUT2D eigenvalue weighted by Gasteiger charge is 2.12. The highest BCUT2D eigenvalue weighted by atomic mass is 32.2. The first-order valence-corrected chi connectivity index (χ1v) is 9.35. The second-order valence-electron chi connectivity index (χ2n) is 5.86. The third-order valence-corrected chi connectivity index (χ3v) is 5.32. The van der Waals surface area contributed by atoms with E-state index >= 15 is 0 Å². The Balaban J connectivity index is 1.57. The molecule has 2 heterocycles. The molecule has 0 unspecified atom stereocenters. The number of anilines is 2. The SMILES string of the molecule is CN(C)S(=O)(=O)Nc1ccc(NCCc2c[nH]c3ccccc23)nc1. The van der Waals surface area contributed by atoms with Crippen LogP contribution in [0.15, 0.2) is 48.8 Å². The lowest BCUT2D eigenvalue weighted by molar-refractivity contribution is 0.527. The lowest BCUT2D eigenvalue weighted by Crippen LogP contribution is -2.28. The molecule has 0 aliphatic carbocycles. The van der Waals surface area contributed by atoms with Gasteiger partial charge in [-0.05, 0) is 30.2 Å². The van der Waals surface area contributed by atoms with Gasteiger partial charge in [0.1, 0.15) is 5.82 Å². The average Bonchev–Trinajstić information content (AvgIpc) is 2.99. The van der Waals surface area contributed by atoms with Crippen LogP contribution in [0.3, 0.4) is 0 Å². The van der Waals surface area contributed by atoms with E-state index in [0.29, 0.717) is 11.5 Å². The number of nitrogens with one attached hydrogen (secondary N) is 3. The first-order valence-electron chi connectivity index (χ1n) is 7.91. The van der Waals surface area contributed by atoms with Crippen molar-refractivity contribution < 1.29 is 8.42 Å². The molecule has 0 atom stereocenters. The van der Waals surface area contributed by atoms with Crippen molar-refractivity contribution in [2.45, 2.75) is 6.42 Å². The van der Waals surface area contributed by atoms with E-state index in [1.807, 2.05) is 18.3 Å². The van der Waals surface area contributed by atoms with Gasteiger partial charge in [0.15, 0.2) is 0 Å². The van der Waals surface area contributed by atoms with Crippen LogP contribution in [0.5, 0.6) is 0 Å². The molecule has 1 aromatic carbocycles. The number of para-hydroxylation sites is 1. The number of aromatic amines is 1. The van der Waals surface area contributed by atoms with Gasteiger partial charge in [0, 0.05) is 37.7 Å². The van der Waals surface area contributed by atoms with Gasteiger partial charge < -0.3 is 10.3 Å². The van der Waals surface area contributed by atoms with Gasteiger partial charge in [-0.1, -0.05) is 18.2 Å². The number of hydrogen-bond acceptors (Lipinski definition) is 4. The number of benzene rings is 1. The third kappa shape index (κ3) is 4.09. The summed E-state index contributed by atoms with van der Waals surface area (Å²) >= 11 is 0. The number of pyridine rings is 1. The van der Waals surface area contributed by atoms with Gasteiger partial charge in [0.05, 0.1) is 11.9 Å². The molecule has 8 heteroatoms. The minimum Gasteiger partial charge on any atom is -0.370 e. The van der Waals surface area contributed by atoms with Crippen molar-refractivity contribution in [2.24, 2.45) is 0 Å². The van der Waals surface area contributed by atoms with E-state index in [0.717, 1.165) is 22.8 Å². The maximum absolute atomic E-state index is 11.8. The molecule has 0 aliphatic heterocycles. The Hall–Kier alpha value is -2.58. The maximum atomic E-state index is 11.8. The number of H-pyrrole nitrogens is 1. The van der Waals surface area contributed by atoms with Crippen molar-refractivity contribution in [3.63, 3.8) is 0 Å². The van der Waals surface area contributed by atoms with Crippen molar-refractivity contribution in [2.75, 3.05) is 30.7 Å². The number of rotatable bonds is 7. The van der Waals surface area contributed by atoms with Crippen LogP contribution in [0.1, 0.15) is 5.56 Å². The fraction of sp³-hybridized carbons (Fsp3) is 0.235. The van der Waals surface area contributed by atoms with Crippen molar-refractivity contribution in [1.82, 2.24) is 14.3 Å². The minimum atomic E-state index is -3.51. The Morgan fingerprint density at radius 1 is 1.16 bits per heavy atom. The normalized spacial score (nSPS) is 11.8. The van der Waals surface area contributed by atoms with Gasteiger partial charge in [0.25, 0.3) is 0 Å². The molecule has 3 rings (SSSR count). The number of aromatic nitrogens is 2. The van der Waals surface area contributed by atoms with Gasteiger partial charge in [-0.3, -0.25) is 4.72 Å². The van der Waals surface area contributed by atoms with E-state index in [-0.39, 0.29) is 0 Å². The summed E-state index contributed by atoms with van der Waals surface area (Å²) in [7, 11) is -0.575. The molecule has 3 aromatic rings. The Morgan fingerprint density at radius 2 is 1.96 bits per heavy atom. The summed E-state index contributed by atoms with van der Waals surface area (Å²) in [5.74, 6) is 0.702. The molecule has 0 fully saturated rings. The Kier molecular flexibility index (Phi) is 4.91. The lowest BCUT2D eigenvalue weighted by atomic mass is 10.1. The molecule has 7 nitrogen and oxygen atoms in total. The molecule has 0 radical (unpaired) electrons. The summed E-state index contributed by atoms with van der Waals surface area (Å²) in [4.78, 5) is 7.50. The van der Waals surface area contributed by atoms with Crippen LogP contribution in [0.25, 0.3) is 10.9 Å². The highest BCUT2D eigenvalue weighted by molar-refractivity contribution is 7.90. The first-order chi connectivity index (χ1) is 12.0. The second kappa shape index (κ2) is 7.12. The molecule has 0 aliphatic rings. The van der Waals surface area contributed by atoms with E-state index in [1.54, 1.807) is 12.1 Å². The van der Waals surface area contributed by atoms with Gasteiger partial charge in [-0.25, -0.2) is 4.98 Å². The fourth-order valence-corrected chi connectivity index (χ4v) is 3.06. The summed E-state index contributed by atoms with van der Waals surface area (Å²) in [5, 5.41) is 4.48. The summed E-state index contributed by atoms with van der Waals surface area (Å²) in [5.41, 5.74) is 2.81. The molecule has 0 saturated carbocycles. The van der Waals surface area contributed by atoms with Crippen molar-refractivity contribution >= 4 is 32.6 Å². The lowest BCUT2D eigenvalue weighted by Gasteiger charge is -2.13. The predicted octanol–water partition coefficient (Wildman–Crippen LogP) is 2.44. The Labute approximate surface area is 147 Å². The quantitative estimate of drug-likeness (QED) is 0.604. The zero-order chi connectivity index (χ0) is 17.9. The highest BCUT2D eigenvalue weighted by Crippen LogP contribution is 2.18. The maximum Gasteiger partial charge on any atom is 0.301 e. The van der Waals surface area contributed by atoms with Gasteiger partial charge in [0.2, 0.25) is 0 Å². The summed E-state index contributed by atoms with van der Waals surface area (Å²) in [6.07, 6.45) is 4.38. The second-order valence-corrected chi connectivity index (χ2v) is 7.74. The van der Waals surface area contributed by atoms with E-state index in [1.165, 1.54) is 31.2 Å². The molecule has 0 amide bonds. The third-order valence-electron chi connectivity index (χ3n) is 3.87. The van der Waals surface area contributed by atoms with Crippen molar-refractivity contribution in [3.05, 3.63) is 54.4 Å². The average molecular weight is 359 g/mol. The molecule has 0 saturated heterocycles. The van der Waals surface area contributed by atoms with Crippen LogP contribution < -0.4 is 10.0 Å². The van der Waals surface area contributed by atoms with Crippen LogP contribution in [0, 0.1) is 0 Å². The van der Waals surface area contributed by atoms with Crippen molar-refractivity contribution in [1.29, 1.82) is 0 Å². The summed E-state index contributed by atoms with van der Waals surface area (Å²) < 4.78 is 27.1. The van der Waals surface area contributed by atoms with Gasteiger partial charge in [-0.15, -0.1) is 0 Å². The zero-order valence-corrected chi connectivity index (χ0v) is 15.0. The van der Waals surface area contributed by atoms with E-state index < -0.39 is 10.2 Å². The van der Waals surface area contributed by atoms with Crippen LogP contribution in [0.4, 0.5) is 11.5 Å². The molecular weight excluding hydrogens is 338 g/mol. The van der Waals surface area contributed by atoms with E-state index in [9.17, 15) is 8.42 Å². The predicted molar refractivity (Wildman–Crippen MR) is 101 cm³/mol. The first kappa shape index (κ1) is 17.2. The topological polar surface area (TPSA) is 90.1 Å². The molecular formula is C17H21N5O2S. The smallest absolute Gasteiger partial charge is 0.301 e. The van der Waals surface area contributed by atoms with Crippen molar-refractivity contribution in [3.8, 4) is 0 Å². The Bertz CT molecular complexity index is 949. The van der Waals surface area contributed by atoms with Gasteiger partial charge in [-0.2, -0.15) is 12.7 Å². The summed E-state index contributed by atoms with van der Waals surface area (Å²) in [6, 6.07) is 11.6. The molecule has 0 spiro atoms. The monoisotopic (exact) mass is 359 g/mol. The van der Waals surface area contributed by atoms with Crippen LogP contribution in [-0.2, 0) is 16.6 Å². The zero-order valence-electron chi connectivity index (χ0n) is 14.2. The number of nitrogens with zero attached hydrogens (tertiary/aromatic N) is 2. The molecule has 0 bridgehead atoms. The molecule has 132 valence electrons. The van der Waals surface area contributed by atoms with Crippen LogP contribution in [-0.4, -0.2) is 43.3 Å². The number of hydrogen-bond donors (Lipinski definition) is 3. The fourth-order valence-electron chi connectivity index (χ4n) is 2.46. The number of fused-ring (bicyclic) bond motifs is 1. The standard InChI is InChI=1S/C17H21N5O2S/c1-22(2)25(23,24)21-14-7-8-17(20-12-14)18-10-9-13-11-19-16-6-4-3-5-15(13)16/h3-8,11-12,19,21H,9-10H2,1-2H3,(H,18,20). The van der Waals surface area contributed by atoms with E-state index in [2.05, 4.69) is 32.1 Å². The van der Waals surface area contributed by atoms with Crippen LogP contribution >= 0.6 is 0 Å². The molecule has 2 aromatic heterocycles. The molecule has 3 N–H and O–H groups in total. The minimum absolute atomic E-state index is 0.427. The molecule has 25 heavy (non-hydrogen) atoms. The largest absolute Gasteiger partial charge is 0.370 e.